The van der Waals surface area contributed by atoms with Crippen molar-refractivity contribution in [3.8, 4) is 0 Å². The van der Waals surface area contributed by atoms with Crippen LogP contribution < -0.4 is 5.32 Å². The summed E-state index contributed by atoms with van der Waals surface area (Å²) >= 11 is 6.31. The van der Waals surface area contributed by atoms with E-state index in [2.05, 4.69) is 10.3 Å². The lowest BCUT2D eigenvalue weighted by molar-refractivity contribution is 0.0599. The largest absolute Gasteiger partial charge is 0.436 e. The van der Waals surface area contributed by atoms with Gasteiger partial charge in [0.2, 0.25) is 5.76 Å². The Morgan fingerprint density at radius 2 is 2.18 bits per heavy atom. The first kappa shape index (κ1) is 15.1. The van der Waals surface area contributed by atoms with E-state index in [4.69, 9.17) is 16.0 Å². The fourth-order valence-electron chi connectivity index (χ4n) is 2.83. The van der Waals surface area contributed by atoms with Crippen LogP contribution in [-0.2, 0) is 0 Å². The highest BCUT2D eigenvalue weighted by molar-refractivity contribution is 6.31. The third kappa shape index (κ3) is 2.74. The summed E-state index contributed by atoms with van der Waals surface area (Å²) in [6, 6.07) is 7.51. The van der Waals surface area contributed by atoms with Gasteiger partial charge >= 0.3 is 0 Å². The molecule has 1 saturated heterocycles. The molecule has 1 aliphatic heterocycles. The SMILES string of the molecule is Cc1nc(C)c(C(=O)N2CCNCC2c2ccccc2Cl)o1. The van der Waals surface area contributed by atoms with Crippen LogP contribution in [0.4, 0.5) is 0 Å². The number of halogens is 1. The van der Waals surface area contributed by atoms with Gasteiger partial charge in [-0.3, -0.25) is 4.79 Å². The van der Waals surface area contributed by atoms with Crippen LogP contribution in [0.3, 0.4) is 0 Å². The Balaban J connectivity index is 1.95. The third-order valence-corrected chi connectivity index (χ3v) is 4.21. The highest BCUT2D eigenvalue weighted by Crippen LogP contribution is 2.30. The van der Waals surface area contributed by atoms with Gasteiger partial charge in [-0.25, -0.2) is 4.98 Å². The number of piperazine rings is 1. The average Bonchev–Trinajstić information content (AvgIpc) is 2.86. The Labute approximate surface area is 134 Å². The molecule has 1 unspecified atom stereocenters. The van der Waals surface area contributed by atoms with Crippen molar-refractivity contribution in [3.05, 3.63) is 52.2 Å². The Bertz CT molecular complexity index is 698. The summed E-state index contributed by atoms with van der Waals surface area (Å²) in [5, 5.41) is 3.98. The summed E-state index contributed by atoms with van der Waals surface area (Å²) < 4.78 is 5.49. The van der Waals surface area contributed by atoms with Gasteiger partial charge in [0.05, 0.1) is 11.7 Å². The molecule has 1 aromatic carbocycles. The molecule has 6 heteroatoms. The van der Waals surface area contributed by atoms with E-state index < -0.39 is 0 Å². The molecule has 2 heterocycles. The molecule has 116 valence electrons. The number of nitrogens with zero attached hydrogens (tertiary/aromatic N) is 2. The lowest BCUT2D eigenvalue weighted by Gasteiger charge is -2.36. The highest BCUT2D eigenvalue weighted by Gasteiger charge is 2.32. The van der Waals surface area contributed by atoms with Gasteiger partial charge in [-0.05, 0) is 18.6 Å². The summed E-state index contributed by atoms with van der Waals surface area (Å²) in [6.07, 6.45) is 0. The molecule has 3 rings (SSSR count). The number of carbonyl (C=O) groups excluding carboxylic acids is 1. The van der Waals surface area contributed by atoms with E-state index in [1.54, 1.807) is 13.8 Å². The van der Waals surface area contributed by atoms with Gasteiger partial charge in [0.15, 0.2) is 5.89 Å². The standard InChI is InChI=1S/C16H18ClN3O2/c1-10-15(22-11(2)19-10)16(21)20-8-7-18-9-14(20)12-5-3-4-6-13(12)17/h3-6,14,18H,7-9H2,1-2H3. The van der Waals surface area contributed by atoms with Crippen LogP contribution in [0.2, 0.25) is 5.02 Å². The first-order valence-electron chi connectivity index (χ1n) is 7.28. The number of nitrogens with one attached hydrogen (secondary N) is 1. The van der Waals surface area contributed by atoms with Gasteiger partial charge in [0.25, 0.3) is 5.91 Å². The van der Waals surface area contributed by atoms with Crippen molar-refractivity contribution >= 4 is 17.5 Å². The Morgan fingerprint density at radius 1 is 1.41 bits per heavy atom. The number of rotatable bonds is 2. The molecule has 0 spiro atoms. The summed E-state index contributed by atoms with van der Waals surface area (Å²) in [5.74, 6) is 0.686. The Hall–Kier alpha value is -1.85. The summed E-state index contributed by atoms with van der Waals surface area (Å²) in [4.78, 5) is 18.8. The molecular weight excluding hydrogens is 302 g/mol. The topological polar surface area (TPSA) is 58.4 Å². The lowest BCUT2D eigenvalue weighted by Crippen LogP contribution is -2.48. The van der Waals surface area contributed by atoms with E-state index in [0.717, 1.165) is 12.1 Å². The molecule has 1 amide bonds. The number of hydrogen-bond acceptors (Lipinski definition) is 4. The average molecular weight is 320 g/mol. The van der Waals surface area contributed by atoms with E-state index in [1.165, 1.54) is 0 Å². The summed E-state index contributed by atoms with van der Waals surface area (Å²) in [5.41, 5.74) is 1.57. The number of hydrogen-bond donors (Lipinski definition) is 1. The number of oxazole rings is 1. The van der Waals surface area contributed by atoms with Gasteiger partial charge in [-0.15, -0.1) is 0 Å². The number of amides is 1. The Kier molecular flexibility index (Phi) is 4.18. The zero-order valence-corrected chi connectivity index (χ0v) is 13.4. The number of benzene rings is 1. The molecule has 0 aliphatic carbocycles. The van der Waals surface area contributed by atoms with Gasteiger partial charge in [0.1, 0.15) is 0 Å². The van der Waals surface area contributed by atoms with Crippen molar-refractivity contribution < 1.29 is 9.21 Å². The second-order valence-electron chi connectivity index (χ2n) is 5.39. The smallest absolute Gasteiger partial charge is 0.292 e. The quantitative estimate of drug-likeness (QED) is 0.924. The molecule has 1 N–H and O–H groups in total. The van der Waals surface area contributed by atoms with E-state index in [0.29, 0.717) is 35.5 Å². The minimum absolute atomic E-state index is 0.111. The highest BCUT2D eigenvalue weighted by atomic mass is 35.5. The number of aryl methyl sites for hydroxylation is 2. The molecule has 1 aromatic heterocycles. The zero-order valence-electron chi connectivity index (χ0n) is 12.6. The van der Waals surface area contributed by atoms with E-state index in [-0.39, 0.29) is 11.9 Å². The van der Waals surface area contributed by atoms with Crippen LogP contribution in [0, 0.1) is 13.8 Å². The lowest BCUT2D eigenvalue weighted by atomic mass is 10.0. The van der Waals surface area contributed by atoms with Crippen molar-refractivity contribution in [1.82, 2.24) is 15.2 Å². The molecular formula is C16H18ClN3O2. The van der Waals surface area contributed by atoms with Crippen LogP contribution in [0.25, 0.3) is 0 Å². The van der Waals surface area contributed by atoms with Crippen LogP contribution in [0.5, 0.6) is 0 Å². The number of aromatic nitrogens is 1. The maximum Gasteiger partial charge on any atom is 0.292 e. The Morgan fingerprint density at radius 3 is 2.86 bits per heavy atom. The van der Waals surface area contributed by atoms with Crippen molar-refractivity contribution in [2.24, 2.45) is 0 Å². The molecule has 1 aliphatic rings. The van der Waals surface area contributed by atoms with Crippen LogP contribution in [0.1, 0.15) is 33.7 Å². The molecule has 1 fully saturated rings. The normalized spacial score (nSPS) is 18.5. The maximum atomic E-state index is 12.9. The van der Waals surface area contributed by atoms with Gasteiger partial charge < -0.3 is 14.6 Å². The summed E-state index contributed by atoms with van der Waals surface area (Å²) in [6.45, 7) is 5.55. The molecule has 0 bridgehead atoms. The minimum atomic E-state index is -0.135. The second-order valence-corrected chi connectivity index (χ2v) is 5.79. The molecule has 2 aromatic rings. The van der Waals surface area contributed by atoms with Crippen molar-refractivity contribution in [1.29, 1.82) is 0 Å². The van der Waals surface area contributed by atoms with Crippen LogP contribution in [0.15, 0.2) is 28.7 Å². The minimum Gasteiger partial charge on any atom is -0.436 e. The second kappa shape index (κ2) is 6.10. The summed E-state index contributed by atoms with van der Waals surface area (Å²) in [7, 11) is 0. The van der Waals surface area contributed by atoms with E-state index >= 15 is 0 Å². The molecule has 1 atom stereocenters. The maximum absolute atomic E-state index is 12.9. The van der Waals surface area contributed by atoms with Crippen molar-refractivity contribution in [3.63, 3.8) is 0 Å². The third-order valence-electron chi connectivity index (χ3n) is 3.87. The molecule has 5 nitrogen and oxygen atoms in total. The van der Waals surface area contributed by atoms with Gasteiger partial charge in [-0.2, -0.15) is 0 Å². The van der Waals surface area contributed by atoms with Gasteiger partial charge in [0, 0.05) is 31.6 Å². The van der Waals surface area contributed by atoms with Crippen molar-refractivity contribution in [2.75, 3.05) is 19.6 Å². The molecule has 22 heavy (non-hydrogen) atoms. The predicted molar refractivity (Wildman–Crippen MR) is 84.1 cm³/mol. The monoisotopic (exact) mass is 319 g/mol. The van der Waals surface area contributed by atoms with Crippen LogP contribution in [-0.4, -0.2) is 35.4 Å². The fraction of sp³-hybridized carbons (Fsp3) is 0.375. The zero-order chi connectivity index (χ0) is 15.7. The van der Waals surface area contributed by atoms with E-state index in [1.807, 2.05) is 29.2 Å². The van der Waals surface area contributed by atoms with E-state index in [9.17, 15) is 4.79 Å². The fourth-order valence-corrected chi connectivity index (χ4v) is 3.09. The van der Waals surface area contributed by atoms with Crippen LogP contribution >= 0.6 is 11.6 Å². The van der Waals surface area contributed by atoms with Crippen molar-refractivity contribution in [2.45, 2.75) is 19.9 Å². The number of carbonyl (C=O) groups is 1. The van der Waals surface area contributed by atoms with Gasteiger partial charge in [-0.1, -0.05) is 29.8 Å². The first-order valence-corrected chi connectivity index (χ1v) is 7.66. The first-order chi connectivity index (χ1) is 10.6. The molecule has 0 radical (unpaired) electrons. The predicted octanol–water partition coefficient (Wildman–Crippen LogP) is 2.73. The molecule has 0 saturated carbocycles.